The van der Waals surface area contributed by atoms with Crippen LogP contribution in [0, 0.1) is 0 Å². The SMILES string of the molecule is CC1CN(N)CCN1C1CC=CC2=C1CC=CS2. The van der Waals surface area contributed by atoms with E-state index in [1.54, 1.807) is 5.57 Å². The number of allylic oxidation sites excluding steroid dienone is 2. The smallest absolute Gasteiger partial charge is 0.0363 e. The predicted molar refractivity (Wildman–Crippen MR) is 77.8 cm³/mol. The Morgan fingerprint density at radius 2 is 2.22 bits per heavy atom. The van der Waals surface area contributed by atoms with E-state index in [4.69, 9.17) is 5.84 Å². The summed E-state index contributed by atoms with van der Waals surface area (Å²) < 4.78 is 0. The Morgan fingerprint density at radius 3 is 3.06 bits per heavy atom. The van der Waals surface area contributed by atoms with Gasteiger partial charge in [-0.05, 0) is 30.7 Å². The molecule has 0 aromatic carbocycles. The van der Waals surface area contributed by atoms with E-state index >= 15 is 0 Å². The van der Waals surface area contributed by atoms with Gasteiger partial charge in [-0.2, -0.15) is 0 Å². The fourth-order valence-corrected chi connectivity index (χ4v) is 4.05. The summed E-state index contributed by atoms with van der Waals surface area (Å²) in [6.45, 7) is 5.34. The van der Waals surface area contributed by atoms with E-state index in [0.29, 0.717) is 12.1 Å². The summed E-state index contributed by atoms with van der Waals surface area (Å²) >= 11 is 1.87. The molecule has 0 amide bonds. The summed E-state index contributed by atoms with van der Waals surface area (Å²) in [4.78, 5) is 4.11. The number of hydrazine groups is 1. The second kappa shape index (κ2) is 5.21. The molecule has 0 radical (unpaired) electrons. The van der Waals surface area contributed by atoms with Crippen molar-refractivity contribution >= 4 is 11.8 Å². The monoisotopic (exact) mass is 263 g/mol. The van der Waals surface area contributed by atoms with Crippen LogP contribution in [0.2, 0.25) is 0 Å². The maximum Gasteiger partial charge on any atom is 0.0363 e. The minimum absolute atomic E-state index is 0.546. The van der Waals surface area contributed by atoms with Crippen LogP contribution in [0.1, 0.15) is 19.8 Å². The van der Waals surface area contributed by atoms with Crippen LogP contribution < -0.4 is 5.84 Å². The number of hydrogen-bond acceptors (Lipinski definition) is 4. The lowest BCUT2D eigenvalue weighted by molar-refractivity contribution is 0.0598. The summed E-state index contributed by atoms with van der Waals surface area (Å²) in [5.41, 5.74) is 1.61. The Balaban J connectivity index is 1.80. The molecule has 2 heterocycles. The van der Waals surface area contributed by atoms with Crippen LogP contribution in [0.3, 0.4) is 0 Å². The number of rotatable bonds is 1. The minimum Gasteiger partial charge on any atom is -0.291 e. The fourth-order valence-electron chi connectivity index (χ4n) is 3.16. The first-order valence-electron chi connectivity index (χ1n) is 6.72. The van der Waals surface area contributed by atoms with E-state index in [1.807, 2.05) is 16.8 Å². The second-order valence-corrected chi connectivity index (χ2v) is 6.27. The maximum atomic E-state index is 5.91. The van der Waals surface area contributed by atoms with Crippen molar-refractivity contribution in [2.45, 2.75) is 31.8 Å². The van der Waals surface area contributed by atoms with Gasteiger partial charge in [-0.3, -0.25) is 10.7 Å². The summed E-state index contributed by atoms with van der Waals surface area (Å²) in [7, 11) is 0. The number of nitrogens with zero attached hydrogens (tertiary/aromatic N) is 2. The van der Waals surface area contributed by atoms with Crippen molar-refractivity contribution in [3.63, 3.8) is 0 Å². The topological polar surface area (TPSA) is 32.5 Å². The molecular weight excluding hydrogens is 242 g/mol. The number of piperazine rings is 1. The number of hydrogen-bond donors (Lipinski definition) is 1. The van der Waals surface area contributed by atoms with E-state index in [1.165, 1.54) is 4.91 Å². The van der Waals surface area contributed by atoms with E-state index in [9.17, 15) is 0 Å². The Hall–Kier alpha value is -0.550. The zero-order valence-corrected chi connectivity index (χ0v) is 11.7. The van der Waals surface area contributed by atoms with Gasteiger partial charge in [0.05, 0.1) is 0 Å². The first-order chi connectivity index (χ1) is 8.75. The molecule has 3 aliphatic rings. The van der Waals surface area contributed by atoms with Crippen molar-refractivity contribution in [1.29, 1.82) is 0 Å². The van der Waals surface area contributed by atoms with Crippen LogP contribution in [0.15, 0.2) is 34.1 Å². The van der Waals surface area contributed by atoms with Crippen LogP contribution >= 0.6 is 11.8 Å². The molecule has 0 spiro atoms. The molecule has 3 rings (SSSR count). The van der Waals surface area contributed by atoms with Crippen LogP contribution in [0.25, 0.3) is 0 Å². The third kappa shape index (κ3) is 2.30. The molecule has 0 aromatic rings. The van der Waals surface area contributed by atoms with E-state index in [-0.39, 0.29) is 0 Å². The quantitative estimate of drug-likeness (QED) is 0.734. The number of nitrogens with two attached hydrogens (primary N) is 1. The molecule has 3 nitrogen and oxygen atoms in total. The van der Waals surface area contributed by atoms with E-state index in [0.717, 1.165) is 32.5 Å². The van der Waals surface area contributed by atoms with Crippen LogP contribution in [-0.2, 0) is 0 Å². The molecule has 0 bridgehead atoms. The zero-order chi connectivity index (χ0) is 12.5. The molecule has 18 heavy (non-hydrogen) atoms. The molecular formula is C14H21N3S. The third-order valence-electron chi connectivity index (χ3n) is 4.09. The van der Waals surface area contributed by atoms with Crippen molar-refractivity contribution in [3.8, 4) is 0 Å². The first kappa shape index (κ1) is 12.5. The van der Waals surface area contributed by atoms with Crippen molar-refractivity contribution in [1.82, 2.24) is 9.91 Å². The third-order valence-corrected chi connectivity index (χ3v) is 5.07. The van der Waals surface area contributed by atoms with Gasteiger partial charge in [-0.15, -0.1) is 0 Å². The summed E-state index contributed by atoms with van der Waals surface area (Å²) in [6, 6.07) is 1.14. The molecule has 0 saturated carbocycles. The second-order valence-electron chi connectivity index (χ2n) is 5.32. The lowest BCUT2D eigenvalue weighted by Gasteiger charge is -2.44. The van der Waals surface area contributed by atoms with Crippen molar-refractivity contribution < 1.29 is 0 Å². The lowest BCUT2D eigenvalue weighted by Crippen LogP contribution is -2.57. The van der Waals surface area contributed by atoms with Gasteiger partial charge < -0.3 is 0 Å². The lowest BCUT2D eigenvalue weighted by atomic mass is 9.92. The van der Waals surface area contributed by atoms with Gasteiger partial charge in [-0.25, -0.2) is 5.01 Å². The molecule has 1 aliphatic carbocycles. The van der Waals surface area contributed by atoms with Gasteiger partial charge in [0.2, 0.25) is 0 Å². The Bertz CT molecular complexity index is 413. The predicted octanol–water partition coefficient (Wildman–Crippen LogP) is 2.10. The first-order valence-corrected chi connectivity index (χ1v) is 7.60. The van der Waals surface area contributed by atoms with E-state index in [2.05, 4.69) is 35.5 Å². The Labute approximate surface area is 113 Å². The van der Waals surface area contributed by atoms with Gasteiger partial charge >= 0.3 is 0 Å². The average molecular weight is 263 g/mol. The summed E-state index contributed by atoms with van der Waals surface area (Å²) in [6.07, 6.45) is 9.19. The zero-order valence-electron chi connectivity index (χ0n) is 10.9. The van der Waals surface area contributed by atoms with Gasteiger partial charge in [0.1, 0.15) is 0 Å². The maximum absolute atomic E-state index is 5.91. The highest BCUT2D eigenvalue weighted by molar-refractivity contribution is 8.06. The number of thioether (sulfide) groups is 1. The molecule has 2 unspecified atom stereocenters. The van der Waals surface area contributed by atoms with Crippen LogP contribution in [0.4, 0.5) is 0 Å². The molecule has 0 aromatic heterocycles. The molecule has 2 atom stereocenters. The van der Waals surface area contributed by atoms with Gasteiger partial charge in [0.25, 0.3) is 0 Å². The summed E-state index contributed by atoms with van der Waals surface area (Å²) in [5.74, 6) is 5.91. The highest BCUT2D eigenvalue weighted by Gasteiger charge is 2.32. The normalized spacial score (nSPS) is 33.9. The molecule has 2 N–H and O–H groups in total. The average Bonchev–Trinajstić information content (AvgIpc) is 2.38. The van der Waals surface area contributed by atoms with Crippen molar-refractivity contribution in [2.24, 2.45) is 5.84 Å². The Morgan fingerprint density at radius 1 is 1.33 bits per heavy atom. The molecule has 98 valence electrons. The van der Waals surface area contributed by atoms with Crippen molar-refractivity contribution in [3.05, 3.63) is 34.1 Å². The van der Waals surface area contributed by atoms with Crippen LogP contribution in [-0.4, -0.2) is 41.6 Å². The highest BCUT2D eigenvalue weighted by atomic mass is 32.2. The minimum atomic E-state index is 0.546. The fraction of sp³-hybridized carbons (Fsp3) is 0.571. The van der Waals surface area contributed by atoms with Gasteiger partial charge in [0, 0.05) is 36.6 Å². The largest absolute Gasteiger partial charge is 0.291 e. The highest BCUT2D eigenvalue weighted by Crippen LogP contribution is 2.37. The molecule has 4 heteroatoms. The van der Waals surface area contributed by atoms with Gasteiger partial charge in [0.15, 0.2) is 0 Å². The molecule has 1 fully saturated rings. The van der Waals surface area contributed by atoms with Crippen LogP contribution in [0.5, 0.6) is 0 Å². The standard InChI is InChI=1S/C14H21N3S/c1-11-10-16(15)7-8-17(11)13-5-2-6-14-12(13)4-3-9-18-14/h2-3,6,9,11,13H,4-5,7-8,10,15H2,1H3. The molecule has 1 saturated heterocycles. The Kier molecular flexibility index (Phi) is 3.61. The van der Waals surface area contributed by atoms with Crippen molar-refractivity contribution in [2.75, 3.05) is 19.6 Å². The van der Waals surface area contributed by atoms with Gasteiger partial charge in [-0.1, -0.05) is 30.0 Å². The summed E-state index contributed by atoms with van der Waals surface area (Å²) in [5, 5.41) is 4.16. The molecule has 2 aliphatic heterocycles. The van der Waals surface area contributed by atoms with E-state index < -0.39 is 0 Å².